The molecule has 0 aliphatic rings. The summed E-state index contributed by atoms with van der Waals surface area (Å²) >= 11 is 0. The lowest BCUT2D eigenvalue weighted by Crippen LogP contribution is -2.36. The first-order valence-corrected chi connectivity index (χ1v) is 4.50. The van der Waals surface area contributed by atoms with Gasteiger partial charge in [0.15, 0.2) is 11.6 Å². The molecule has 0 saturated carbocycles. The van der Waals surface area contributed by atoms with Crippen molar-refractivity contribution >= 4 is 11.8 Å². The third kappa shape index (κ3) is 3.32. The fourth-order valence-electron chi connectivity index (χ4n) is 1.19. The van der Waals surface area contributed by atoms with Gasteiger partial charge in [-0.05, 0) is 13.8 Å². The van der Waals surface area contributed by atoms with E-state index in [1.54, 1.807) is 7.11 Å². The average Bonchev–Trinajstić information content (AvgIpc) is 2.10. The van der Waals surface area contributed by atoms with Gasteiger partial charge in [-0.2, -0.15) is 4.98 Å². The van der Waals surface area contributed by atoms with Crippen molar-refractivity contribution in [1.29, 1.82) is 0 Å². The van der Waals surface area contributed by atoms with Crippen LogP contribution in [0.2, 0.25) is 0 Å². The molecule has 3 N–H and O–H groups in total. The molecule has 0 amide bonds. The molecule has 0 fully saturated rings. The Kier molecular flexibility index (Phi) is 3.41. The number of ether oxygens (including phenoxy) is 1. The zero-order chi connectivity index (χ0) is 11.5. The van der Waals surface area contributed by atoms with Gasteiger partial charge < -0.3 is 15.8 Å². The smallest absolute Gasteiger partial charge is 0.222 e. The first-order valence-electron chi connectivity index (χ1n) is 4.50. The number of halogens is 1. The van der Waals surface area contributed by atoms with Gasteiger partial charge in [-0.3, -0.25) is 0 Å². The molecule has 1 aromatic heterocycles. The molecular weight excluding hydrogens is 199 g/mol. The molecule has 84 valence electrons. The highest BCUT2D eigenvalue weighted by atomic mass is 19.1. The molecule has 0 aliphatic heterocycles. The zero-order valence-electron chi connectivity index (χ0n) is 9.04. The zero-order valence-corrected chi connectivity index (χ0v) is 9.04. The van der Waals surface area contributed by atoms with Crippen LogP contribution >= 0.6 is 0 Å². The predicted molar refractivity (Wildman–Crippen MR) is 56.0 cm³/mol. The fraction of sp³-hybridized carbons (Fsp3) is 0.556. The number of nitrogens with zero attached hydrogens (tertiary/aromatic N) is 2. The van der Waals surface area contributed by atoms with E-state index in [1.165, 1.54) is 0 Å². The van der Waals surface area contributed by atoms with Crippen molar-refractivity contribution in [2.45, 2.75) is 19.4 Å². The highest BCUT2D eigenvalue weighted by Crippen LogP contribution is 2.16. The van der Waals surface area contributed by atoms with Crippen LogP contribution in [0.25, 0.3) is 0 Å². The number of aromatic nitrogens is 2. The normalized spacial score (nSPS) is 11.5. The Morgan fingerprint density at radius 3 is 2.87 bits per heavy atom. The first-order chi connectivity index (χ1) is 6.94. The van der Waals surface area contributed by atoms with Gasteiger partial charge in [0.1, 0.15) is 0 Å². The Bertz CT molecular complexity index is 343. The van der Waals surface area contributed by atoms with Gasteiger partial charge in [0.25, 0.3) is 0 Å². The Labute approximate surface area is 87.9 Å². The van der Waals surface area contributed by atoms with Crippen LogP contribution in [0.3, 0.4) is 0 Å². The van der Waals surface area contributed by atoms with Gasteiger partial charge in [-0.15, -0.1) is 0 Å². The molecule has 1 rings (SSSR count). The minimum atomic E-state index is -0.534. The van der Waals surface area contributed by atoms with Gasteiger partial charge in [-0.25, -0.2) is 9.37 Å². The molecule has 5 nitrogen and oxygen atoms in total. The largest absolute Gasteiger partial charge is 0.382 e. The van der Waals surface area contributed by atoms with Crippen LogP contribution in [0.1, 0.15) is 13.8 Å². The van der Waals surface area contributed by atoms with Crippen molar-refractivity contribution < 1.29 is 9.13 Å². The highest BCUT2D eigenvalue weighted by Gasteiger charge is 2.19. The predicted octanol–water partition coefficient (Wildman–Crippen LogP) is 1.03. The van der Waals surface area contributed by atoms with Gasteiger partial charge >= 0.3 is 0 Å². The van der Waals surface area contributed by atoms with Gasteiger partial charge in [0.05, 0.1) is 18.3 Å². The molecule has 0 bridgehead atoms. The van der Waals surface area contributed by atoms with Crippen LogP contribution in [-0.4, -0.2) is 29.2 Å². The minimum absolute atomic E-state index is 0.0344. The quantitative estimate of drug-likeness (QED) is 0.783. The van der Waals surface area contributed by atoms with Crippen LogP contribution in [-0.2, 0) is 4.74 Å². The molecule has 6 heteroatoms. The molecule has 0 saturated heterocycles. The van der Waals surface area contributed by atoms with Gasteiger partial charge in [-0.1, -0.05) is 0 Å². The van der Waals surface area contributed by atoms with Crippen LogP contribution in [0, 0.1) is 5.82 Å². The summed E-state index contributed by atoms with van der Waals surface area (Å²) in [6.45, 7) is 4.17. The summed E-state index contributed by atoms with van der Waals surface area (Å²) in [7, 11) is 1.58. The van der Waals surface area contributed by atoms with Crippen LogP contribution < -0.4 is 11.1 Å². The van der Waals surface area contributed by atoms with E-state index in [1.807, 2.05) is 13.8 Å². The second kappa shape index (κ2) is 4.39. The van der Waals surface area contributed by atoms with Gasteiger partial charge in [0, 0.05) is 7.11 Å². The number of nitrogen functional groups attached to an aromatic ring is 1. The lowest BCUT2D eigenvalue weighted by molar-refractivity contribution is 0.158. The van der Waals surface area contributed by atoms with Crippen molar-refractivity contribution in [1.82, 2.24) is 9.97 Å². The summed E-state index contributed by atoms with van der Waals surface area (Å²) in [6.07, 6.45) is 1.04. The first kappa shape index (κ1) is 11.6. The topological polar surface area (TPSA) is 73.1 Å². The molecule has 0 aromatic carbocycles. The molecule has 15 heavy (non-hydrogen) atoms. The van der Waals surface area contributed by atoms with Crippen molar-refractivity contribution in [3.05, 3.63) is 12.0 Å². The molecule has 0 radical (unpaired) electrons. The van der Waals surface area contributed by atoms with E-state index in [0.29, 0.717) is 6.61 Å². The van der Waals surface area contributed by atoms with Crippen molar-refractivity contribution in [2.24, 2.45) is 0 Å². The van der Waals surface area contributed by atoms with E-state index < -0.39 is 11.4 Å². The molecule has 0 spiro atoms. The van der Waals surface area contributed by atoms with E-state index in [0.717, 1.165) is 6.20 Å². The van der Waals surface area contributed by atoms with E-state index in [2.05, 4.69) is 15.3 Å². The number of nitrogens with one attached hydrogen (secondary N) is 1. The average molecular weight is 214 g/mol. The summed E-state index contributed by atoms with van der Waals surface area (Å²) < 4.78 is 18.2. The fourth-order valence-corrected chi connectivity index (χ4v) is 1.19. The summed E-state index contributed by atoms with van der Waals surface area (Å²) in [5.74, 6) is -0.412. The minimum Gasteiger partial charge on any atom is -0.382 e. The van der Waals surface area contributed by atoms with Crippen LogP contribution in [0.5, 0.6) is 0 Å². The van der Waals surface area contributed by atoms with Gasteiger partial charge in [0.2, 0.25) is 5.95 Å². The lowest BCUT2D eigenvalue weighted by atomic mass is 10.1. The van der Waals surface area contributed by atoms with Crippen LogP contribution in [0.15, 0.2) is 6.20 Å². The summed E-state index contributed by atoms with van der Waals surface area (Å²) in [5.41, 5.74) is 4.94. The SMILES string of the molecule is COCC(C)(C)Nc1nc(N)ncc1F. The molecule has 1 heterocycles. The van der Waals surface area contributed by atoms with Crippen molar-refractivity contribution in [2.75, 3.05) is 24.8 Å². The number of hydrogen-bond donors (Lipinski definition) is 2. The maximum absolute atomic E-state index is 13.3. The number of nitrogens with two attached hydrogens (primary N) is 1. The Morgan fingerprint density at radius 2 is 2.27 bits per heavy atom. The van der Waals surface area contributed by atoms with Crippen LogP contribution in [0.4, 0.5) is 16.2 Å². The Morgan fingerprint density at radius 1 is 1.60 bits per heavy atom. The number of rotatable bonds is 4. The molecule has 0 aliphatic carbocycles. The number of methoxy groups -OCH3 is 1. The Balaban J connectivity index is 2.83. The maximum atomic E-state index is 13.3. The lowest BCUT2D eigenvalue weighted by Gasteiger charge is -2.25. The van der Waals surface area contributed by atoms with E-state index >= 15 is 0 Å². The van der Waals surface area contributed by atoms with E-state index in [9.17, 15) is 4.39 Å². The molecule has 0 unspecified atom stereocenters. The Hall–Kier alpha value is -1.43. The second-order valence-electron chi connectivity index (χ2n) is 3.87. The standard InChI is InChI=1S/C9H15FN4O/c1-9(2,5-15-3)14-7-6(10)4-12-8(11)13-7/h4H,5H2,1-3H3,(H3,11,12,13,14). The third-order valence-corrected chi connectivity index (χ3v) is 1.72. The second-order valence-corrected chi connectivity index (χ2v) is 3.87. The highest BCUT2D eigenvalue weighted by molar-refractivity contribution is 5.41. The monoisotopic (exact) mass is 214 g/mol. The third-order valence-electron chi connectivity index (χ3n) is 1.72. The number of hydrogen-bond acceptors (Lipinski definition) is 5. The van der Waals surface area contributed by atoms with Crippen molar-refractivity contribution in [3.63, 3.8) is 0 Å². The summed E-state index contributed by atoms with van der Waals surface area (Å²) in [4.78, 5) is 7.30. The van der Waals surface area contributed by atoms with E-state index in [4.69, 9.17) is 10.5 Å². The molecule has 1 aromatic rings. The number of anilines is 2. The van der Waals surface area contributed by atoms with E-state index in [-0.39, 0.29) is 11.8 Å². The summed E-state index contributed by atoms with van der Waals surface area (Å²) in [5, 5.41) is 2.90. The molecular formula is C9H15FN4O. The maximum Gasteiger partial charge on any atom is 0.222 e. The molecule has 0 atom stereocenters. The summed E-state index contributed by atoms with van der Waals surface area (Å²) in [6, 6.07) is 0. The van der Waals surface area contributed by atoms with Crippen molar-refractivity contribution in [3.8, 4) is 0 Å².